The van der Waals surface area contributed by atoms with Crippen LogP contribution in [0.25, 0.3) is 0 Å². The molecular formula is C29H26N4O5. The van der Waals surface area contributed by atoms with Crippen LogP contribution in [0.5, 0.6) is 11.5 Å². The largest absolute Gasteiger partial charge is 0.565 e. The van der Waals surface area contributed by atoms with E-state index >= 15 is 0 Å². The average Bonchev–Trinajstić information content (AvgIpc) is 2.97. The maximum absolute atomic E-state index is 11.7. The fraction of sp³-hybridized carbons (Fsp3) is 0.138. The van der Waals surface area contributed by atoms with Gasteiger partial charge in [0.25, 0.3) is 0 Å². The third-order valence-electron chi connectivity index (χ3n) is 5.25. The molecule has 0 spiro atoms. The van der Waals surface area contributed by atoms with Crippen molar-refractivity contribution in [2.75, 3.05) is 0 Å². The van der Waals surface area contributed by atoms with Gasteiger partial charge >= 0.3 is 6.16 Å². The van der Waals surface area contributed by atoms with Crippen LogP contribution in [-0.2, 0) is 36.0 Å². The summed E-state index contributed by atoms with van der Waals surface area (Å²) in [6.07, 6.45) is -1.15. The number of para-hydroxylation sites is 2. The Bertz CT molecular complexity index is 1240. The minimum atomic E-state index is -1.15. The zero-order valence-electron chi connectivity index (χ0n) is 20.6. The second-order valence-electron chi connectivity index (χ2n) is 7.96. The summed E-state index contributed by atoms with van der Waals surface area (Å²) >= 11 is 0. The van der Waals surface area contributed by atoms with Crippen molar-refractivity contribution >= 4 is 6.16 Å². The van der Waals surface area contributed by atoms with Crippen LogP contribution in [0.1, 0.15) is 22.3 Å². The summed E-state index contributed by atoms with van der Waals surface area (Å²) in [5, 5.41) is 14.5. The molecule has 0 amide bonds. The Kier molecular flexibility index (Phi) is 9.93. The molecule has 0 heterocycles. The first-order valence-electron chi connectivity index (χ1n) is 11.9. The van der Waals surface area contributed by atoms with Crippen molar-refractivity contribution in [2.45, 2.75) is 26.3 Å². The third-order valence-corrected chi connectivity index (χ3v) is 5.25. The maximum atomic E-state index is 11.7. The van der Waals surface area contributed by atoms with Crippen molar-refractivity contribution < 1.29 is 23.9 Å². The van der Waals surface area contributed by atoms with Gasteiger partial charge in [0.2, 0.25) is 0 Å². The van der Waals surface area contributed by atoms with E-state index in [9.17, 15) is 4.79 Å². The molecule has 0 aliphatic rings. The van der Waals surface area contributed by atoms with E-state index in [1.807, 2.05) is 109 Å². The van der Waals surface area contributed by atoms with Gasteiger partial charge in [-0.05, 0) is 23.3 Å². The molecule has 9 nitrogen and oxygen atoms in total. The molecule has 4 aromatic rings. The Morgan fingerprint density at radius 1 is 0.526 bits per heavy atom. The van der Waals surface area contributed by atoms with Gasteiger partial charge in [0.05, 0.1) is 13.1 Å². The minimum absolute atomic E-state index is 0.152. The fourth-order valence-corrected chi connectivity index (χ4v) is 3.37. The average molecular weight is 511 g/mol. The molecule has 192 valence electrons. The molecule has 0 aromatic heterocycles. The number of benzene rings is 4. The minimum Gasteiger partial charge on any atom is -0.489 e. The van der Waals surface area contributed by atoms with Gasteiger partial charge in [-0.25, -0.2) is 0 Å². The van der Waals surface area contributed by atoms with Crippen LogP contribution in [0, 0.1) is 0 Å². The molecule has 4 aromatic carbocycles. The summed E-state index contributed by atoms with van der Waals surface area (Å²) in [5.41, 5.74) is 3.67. The molecule has 0 radical (unpaired) electrons. The summed E-state index contributed by atoms with van der Waals surface area (Å²) in [5.74, 6) is 1.33. The van der Waals surface area contributed by atoms with E-state index in [2.05, 4.69) is 30.5 Å². The summed E-state index contributed by atoms with van der Waals surface area (Å²) in [7, 11) is 0. The summed E-state index contributed by atoms with van der Waals surface area (Å²) in [6.45, 7) is 1.15. The Morgan fingerprint density at radius 3 is 1.37 bits per heavy atom. The van der Waals surface area contributed by atoms with Gasteiger partial charge in [0, 0.05) is 21.7 Å². The highest BCUT2D eigenvalue weighted by atomic mass is 16.9. The molecule has 0 saturated carbocycles. The Hall–Kier alpha value is -5.05. The molecule has 38 heavy (non-hydrogen) atoms. The Balaban J connectivity index is 1.19. The van der Waals surface area contributed by atoms with E-state index in [4.69, 9.17) is 9.47 Å². The first-order chi connectivity index (χ1) is 18.8. The van der Waals surface area contributed by atoms with Gasteiger partial charge in [-0.3, -0.25) is 9.68 Å². The predicted molar refractivity (Wildman–Crippen MR) is 139 cm³/mol. The van der Waals surface area contributed by atoms with Gasteiger partial charge in [-0.2, -0.15) is 4.79 Å². The summed E-state index contributed by atoms with van der Waals surface area (Å²) < 4.78 is 11.8. The van der Waals surface area contributed by atoms with Crippen LogP contribution >= 0.6 is 0 Å². The van der Waals surface area contributed by atoms with Crippen molar-refractivity contribution in [3.63, 3.8) is 0 Å². The van der Waals surface area contributed by atoms with Crippen LogP contribution in [0.15, 0.2) is 130 Å². The summed E-state index contributed by atoms with van der Waals surface area (Å²) in [4.78, 5) is 20.9. The van der Waals surface area contributed by atoms with Crippen LogP contribution in [0.4, 0.5) is 4.79 Å². The smallest absolute Gasteiger partial charge is 0.489 e. The summed E-state index contributed by atoms with van der Waals surface area (Å²) in [6, 6.07) is 34.5. The lowest BCUT2D eigenvalue weighted by Crippen LogP contribution is -1.99. The van der Waals surface area contributed by atoms with E-state index in [0.29, 0.717) is 24.7 Å². The quantitative estimate of drug-likeness (QED) is 0.146. The van der Waals surface area contributed by atoms with Crippen molar-refractivity contribution in [3.05, 3.63) is 131 Å². The molecule has 9 heteroatoms. The first-order valence-corrected chi connectivity index (χ1v) is 11.9. The normalized spacial score (nSPS) is 10.9. The lowest BCUT2D eigenvalue weighted by atomic mass is 10.2. The highest BCUT2D eigenvalue weighted by Crippen LogP contribution is 2.21. The van der Waals surface area contributed by atoms with Gasteiger partial charge < -0.3 is 9.47 Å². The molecule has 0 aliphatic heterocycles. The lowest BCUT2D eigenvalue weighted by molar-refractivity contribution is 0.0455. The van der Waals surface area contributed by atoms with Gasteiger partial charge in [-0.15, -0.1) is 10.2 Å². The Labute approximate surface area is 220 Å². The molecule has 0 fully saturated rings. The molecule has 0 unspecified atom stereocenters. The zero-order chi connectivity index (χ0) is 26.3. The molecule has 4 rings (SSSR count). The highest BCUT2D eigenvalue weighted by Gasteiger charge is 2.06. The molecule has 0 bridgehead atoms. The van der Waals surface area contributed by atoms with Crippen molar-refractivity contribution in [2.24, 2.45) is 20.8 Å². The molecular weight excluding hydrogens is 484 g/mol. The fourth-order valence-electron chi connectivity index (χ4n) is 3.37. The number of carbonyl (C=O) groups excluding carboxylic acids is 1. The SMILES string of the molecule is O=C(ON=NCc1ccccc1OCc1ccccc1)ON=NCc1ccccc1OCc1ccccc1. The van der Waals surface area contributed by atoms with Crippen LogP contribution < -0.4 is 9.47 Å². The van der Waals surface area contributed by atoms with E-state index < -0.39 is 6.16 Å². The van der Waals surface area contributed by atoms with Gasteiger partial charge in [0.1, 0.15) is 24.7 Å². The maximum Gasteiger partial charge on any atom is 0.565 e. The van der Waals surface area contributed by atoms with Crippen LogP contribution in [0.3, 0.4) is 0 Å². The number of ether oxygens (including phenoxy) is 2. The van der Waals surface area contributed by atoms with Crippen molar-refractivity contribution in [1.29, 1.82) is 0 Å². The lowest BCUT2D eigenvalue weighted by Gasteiger charge is -2.09. The van der Waals surface area contributed by atoms with E-state index in [0.717, 1.165) is 22.3 Å². The second kappa shape index (κ2) is 14.5. The molecule has 0 aliphatic carbocycles. The monoisotopic (exact) mass is 510 g/mol. The highest BCUT2D eigenvalue weighted by molar-refractivity contribution is 5.59. The number of carbonyl (C=O) groups is 1. The van der Waals surface area contributed by atoms with Gasteiger partial charge in [0.15, 0.2) is 0 Å². The van der Waals surface area contributed by atoms with Crippen LogP contribution in [0.2, 0.25) is 0 Å². The number of hydrogen-bond acceptors (Lipinski definition) is 9. The van der Waals surface area contributed by atoms with E-state index in [1.54, 1.807) is 0 Å². The standard InChI is InChI=1S/C29H26N4O5/c34-29(37-32-30-19-25-15-7-9-17-27(25)35-21-23-11-3-1-4-12-23)38-33-31-20-26-16-8-10-18-28(26)36-22-24-13-5-2-6-14-24/h1-18H,19-22H2. The molecule has 0 saturated heterocycles. The van der Waals surface area contributed by atoms with Gasteiger partial charge in [-0.1, -0.05) is 97.1 Å². The topological polar surface area (TPSA) is 103 Å². The van der Waals surface area contributed by atoms with Crippen LogP contribution in [-0.4, -0.2) is 6.16 Å². The number of hydrogen-bond donors (Lipinski definition) is 0. The first kappa shape index (κ1) is 26.0. The third kappa shape index (κ3) is 8.56. The van der Waals surface area contributed by atoms with E-state index in [-0.39, 0.29) is 13.1 Å². The van der Waals surface area contributed by atoms with E-state index in [1.165, 1.54) is 0 Å². The van der Waals surface area contributed by atoms with Crippen molar-refractivity contribution in [3.8, 4) is 11.5 Å². The molecule has 0 atom stereocenters. The Morgan fingerprint density at radius 2 is 0.921 bits per heavy atom. The predicted octanol–water partition coefficient (Wildman–Crippen LogP) is 7.43. The molecule has 0 N–H and O–H groups in total. The second-order valence-corrected chi connectivity index (χ2v) is 7.96. The number of rotatable bonds is 12. The zero-order valence-corrected chi connectivity index (χ0v) is 20.6. The van der Waals surface area contributed by atoms with Crippen molar-refractivity contribution in [1.82, 2.24) is 0 Å². The number of nitrogens with zero attached hydrogens (tertiary/aromatic N) is 4.